The lowest BCUT2D eigenvalue weighted by Gasteiger charge is -2.06. The van der Waals surface area contributed by atoms with Crippen LogP contribution in [0.2, 0.25) is 0 Å². The number of aromatic nitrogens is 1. The maximum Gasteiger partial charge on any atom is 0.311 e. The first-order valence-electron chi connectivity index (χ1n) is 7.49. The molecule has 0 bridgehead atoms. The first kappa shape index (κ1) is 18.6. The molecule has 0 aliphatic rings. The van der Waals surface area contributed by atoms with Crippen LogP contribution in [0.15, 0.2) is 29.6 Å². The number of carbonyl (C=O) groups is 3. The maximum atomic E-state index is 11.8. The molecule has 0 fully saturated rings. The molecule has 0 aliphatic carbocycles. The summed E-state index contributed by atoms with van der Waals surface area (Å²) in [5.74, 6) is -1.37. The van der Waals surface area contributed by atoms with E-state index in [4.69, 9.17) is 4.74 Å². The topological polar surface area (TPSA) is 94.6 Å². The van der Waals surface area contributed by atoms with Crippen LogP contribution in [0.25, 0.3) is 0 Å². The Balaban J connectivity index is 1.78. The molecule has 0 saturated carbocycles. The molecule has 1 amide bonds. The van der Waals surface area contributed by atoms with Crippen LogP contribution < -0.4 is 5.32 Å². The van der Waals surface area contributed by atoms with Gasteiger partial charge in [-0.2, -0.15) is 0 Å². The third-order valence-electron chi connectivity index (χ3n) is 3.31. The number of thiazole rings is 1. The van der Waals surface area contributed by atoms with Crippen LogP contribution in [0.4, 0.5) is 5.13 Å². The van der Waals surface area contributed by atoms with Crippen molar-refractivity contribution in [1.82, 2.24) is 4.98 Å². The van der Waals surface area contributed by atoms with Gasteiger partial charge in [0.2, 0.25) is 0 Å². The van der Waals surface area contributed by atoms with Crippen LogP contribution in [0.1, 0.15) is 16.8 Å². The van der Waals surface area contributed by atoms with Gasteiger partial charge in [-0.15, -0.1) is 11.3 Å². The summed E-state index contributed by atoms with van der Waals surface area (Å²) in [6, 6.07) is 7.48. The summed E-state index contributed by atoms with van der Waals surface area (Å²) < 4.78 is 9.52. The molecule has 0 unspecified atom stereocenters. The highest BCUT2D eigenvalue weighted by Gasteiger charge is 2.12. The molecular formula is C17H18N2O5S. The van der Waals surface area contributed by atoms with Crippen molar-refractivity contribution in [2.75, 3.05) is 19.0 Å². The highest BCUT2D eigenvalue weighted by atomic mass is 32.1. The highest BCUT2D eigenvalue weighted by Crippen LogP contribution is 2.16. The van der Waals surface area contributed by atoms with Crippen molar-refractivity contribution in [3.8, 4) is 0 Å². The van der Waals surface area contributed by atoms with Crippen molar-refractivity contribution in [1.29, 1.82) is 0 Å². The largest absolute Gasteiger partial charge is 0.469 e. The van der Waals surface area contributed by atoms with Gasteiger partial charge < -0.3 is 9.47 Å². The van der Waals surface area contributed by atoms with Gasteiger partial charge in [-0.25, -0.2) is 4.98 Å². The van der Waals surface area contributed by atoms with Crippen molar-refractivity contribution in [3.05, 3.63) is 46.5 Å². The second-order valence-corrected chi connectivity index (χ2v) is 6.07. The second-order valence-electron chi connectivity index (χ2n) is 5.21. The van der Waals surface area contributed by atoms with Gasteiger partial charge in [0.1, 0.15) is 0 Å². The van der Waals surface area contributed by atoms with Gasteiger partial charge in [0.25, 0.3) is 5.91 Å². The average Bonchev–Trinajstić information content (AvgIpc) is 3.01. The Kier molecular flexibility index (Phi) is 6.64. The monoisotopic (exact) mass is 362 g/mol. The number of carbonyl (C=O) groups excluding carboxylic acids is 3. The lowest BCUT2D eigenvalue weighted by Crippen LogP contribution is -2.21. The van der Waals surface area contributed by atoms with Crippen LogP contribution in [0, 0.1) is 6.92 Å². The molecule has 7 nitrogen and oxygen atoms in total. The third-order valence-corrected chi connectivity index (χ3v) is 4.12. The number of nitrogens with zero attached hydrogens (tertiary/aromatic N) is 1. The number of rotatable bonds is 7. The number of amides is 1. The molecule has 0 saturated heterocycles. The number of ether oxygens (including phenoxy) is 2. The van der Waals surface area contributed by atoms with E-state index < -0.39 is 24.5 Å². The summed E-state index contributed by atoms with van der Waals surface area (Å²) in [4.78, 5) is 38.9. The van der Waals surface area contributed by atoms with Crippen molar-refractivity contribution in [2.45, 2.75) is 19.8 Å². The van der Waals surface area contributed by atoms with Gasteiger partial charge in [0, 0.05) is 5.38 Å². The summed E-state index contributed by atoms with van der Waals surface area (Å²) in [5, 5.41) is 4.51. The SMILES string of the molecule is COC(=O)Cc1csc(NC(=O)COC(=O)Cc2ccccc2C)n1. The van der Waals surface area contributed by atoms with E-state index in [0.29, 0.717) is 10.8 Å². The van der Waals surface area contributed by atoms with E-state index in [0.717, 1.165) is 11.1 Å². The molecule has 25 heavy (non-hydrogen) atoms. The fourth-order valence-electron chi connectivity index (χ4n) is 1.98. The minimum atomic E-state index is -0.489. The van der Waals surface area contributed by atoms with Gasteiger partial charge in [-0.3, -0.25) is 19.7 Å². The minimum absolute atomic E-state index is 0.0360. The quantitative estimate of drug-likeness (QED) is 0.756. The molecule has 2 aromatic rings. The standard InChI is InChI=1S/C17H18N2O5S/c1-11-5-3-4-6-12(11)7-16(22)24-9-14(20)19-17-18-13(10-25-17)8-15(21)23-2/h3-6,10H,7-9H2,1-2H3,(H,18,19,20). The lowest BCUT2D eigenvalue weighted by molar-refractivity contribution is -0.146. The molecule has 132 valence electrons. The van der Waals surface area contributed by atoms with Crippen molar-refractivity contribution >= 4 is 34.3 Å². The number of benzene rings is 1. The van der Waals surface area contributed by atoms with E-state index in [1.807, 2.05) is 31.2 Å². The summed E-state index contributed by atoms with van der Waals surface area (Å²) in [5.41, 5.74) is 2.36. The highest BCUT2D eigenvalue weighted by molar-refractivity contribution is 7.13. The zero-order chi connectivity index (χ0) is 18.2. The first-order valence-corrected chi connectivity index (χ1v) is 8.37. The van der Waals surface area contributed by atoms with Gasteiger partial charge in [0.05, 0.1) is 25.6 Å². The normalized spacial score (nSPS) is 10.2. The number of nitrogens with one attached hydrogen (secondary N) is 1. The minimum Gasteiger partial charge on any atom is -0.469 e. The fourth-order valence-corrected chi connectivity index (χ4v) is 2.71. The van der Waals surface area contributed by atoms with E-state index in [2.05, 4.69) is 15.0 Å². The summed E-state index contributed by atoms with van der Waals surface area (Å²) in [7, 11) is 1.29. The van der Waals surface area contributed by atoms with Gasteiger partial charge >= 0.3 is 11.9 Å². The molecule has 1 aromatic heterocycles. The van der Waals surface area contributed by atoms with Gasteiger partial charge in [-0.05, 0) is 18.1 Å². The smallest absolute Gasteiger partial charge is 0.311 e. The van der Waals surface area contributed by atoms with Crippen molar-refractivity contribution < 1.29 is 23.9 Å². The number of anilines is 1. The Morgan fingerprint density at radius 1 is 1.16 bits per heavy atom. The molecule has 2 rings (SSSR count). The predicted octanol–water partition coefficient (Wildman–Crippen LogP) is 1.89. The molecule has 0 aliphatic heterocycles. The Hall–Kier alpha value is -2.74. The molecule has 1 heterocycles. The number of aryl methyl sites for hydroxylation is 1. The van der Waals surface area contributed by atoms with Gasteiger partial charge in [-0.1, -0.05) is 24.3 Å². The molecule has 8 heteroatoms. The van der Waals surface area contributed by atoms with Crippen LogP contribution in [0.5, 0.6) is 0 Å². The van der Waals surface area contributed by atoms with Crippen LogP contribution >= 0.6 is 11.3 Å². The van der Waals surface area contributed by atoms with E-state index in [1.54, 1.807) is 5.38 Å². The first-order chi connectivity index (χ1) is 12.0. The van der Waals surface area contributed by atoms with Crippen LogP contribution in [-0.2, 0) is 36.7 Å². The Morgan fingerprint density at radius 2 is 1.92 bits per heavy atom. The number of hydrogen-bond donors (Lipinski definition) is 1. The van der Waals surface area contributed by atoms with E-state index in [1.165, 1.54) is 18.4 Å². The molecular weight excluding hydrogens is 344 g/mol. The zero-order valence-electron chi connectivity index (χ0n) is 13.9. The molecule has 0 spiro atoms. The second kappa shape index (κ2) is 8.93. The third kappa shape index (κ3) is 6.00. The average molecular weight is 362 g/mol. The van der Waals surface area contributed by atoms with Crippen LogP contribution in [0.3, 0.4) is 0 Å². The number of hydrogen-bond acceptors (Lipinski definition) is 7. The Morgan fingerprint density at radius 3 is 2.64 bits per heavy atom. The summed E-state index contributed by atoms with van der Waals surface area (Å²) in [6.45, 7) is 1.51. The molecule has 1 N–H and O–H groups in total. The zero-order valence-corrected chi connectivity index (χ0v) is 14.7. The predicted molar refractivity (Wildman–Crippen MR) is 92.3 cm³/mol. The number of methoxy groups -OCH3 is 1. The van der Waals surface area contributed by atoms with Crippen molar-refractivity contribution in [2.24, 2.45) is 0 Å². The summed E-state index contributed by atoms with van der Waals surface area (Å²) in [6.07, 6.45) is 0.148. The maximum absolute atomic E-state index is 11.8. The van der Waals surface area contributed by atoms with E-state index in [9.17, 15) is 14.4 Å². The molecule has 0 atom stereocenters. The van der Waals surface area contributed by atoms with E-state index >= 15 is 0 Å². The fraction of sp³-hybridized carbons (Fsp3) is 0.294. The van der Waals surface area contributed by atoms with E-state index in [-0.39, 0.29) is 12.8 Å². The Bertz CT molecular complexity index is 772. The van der Waals surface area contributed by atoms with Crippen molar-refractivity contribution in [3.63, 3.8) is 0 Å². The number of esters is 2. The Labute approximate surface area is 149 Å². The lowest BCUT2D eigenvalue weighted by atomic mass is 10.1. The van der Waals surface area contributed by atoms with Crippen LogP contribution in [-0.4, -0.2) is 36.5 Å². The van der Waals surface area contributed by atoms with Gasteiger partial charge in [0.15, 0.2) is 11.7 Å². The molecule has 1 aromatic carbocycles. The summed E-state index contributed by atoms with van der Waals surface area (Å²) >= 11 is 1.18. The molecule has 0 radical (unpaired) electrons.